The zero-order valence-electron chi connectivity index (χ0n) is 15.7. The highest BCUT2D eigenvalue weighted by atomic mass is 19.1. The molecule has 146 valence electrons. The summed E-state index contributed by atoms with van der Waals surface area (Å²) in [4.78, 5) is 2.92. The van der Waals surface area contributed by atoms with E-state index in [4.69, 9.17) is 4.42 Å². The van der Waals surface area contributed by atoms with Crippen LogP contribution in [0.5, 0.6) is 0 Å². The maximum Gasteiger partial charge on any atom is 0.214 e. The number of quaternary nitrogens is 2. The molecule has 28 heavy (non-hydrogen) atoms. The van der Waals surface area contributed by atoms with E-state index < -0.39 is 0 Å². The summed E-state index contributed by atoms with van der Waals surface area (Å²) < 4.78 is 20.8. The third kappa shape index (κ3) is 4.02. The predicted octanol–water partition coefficient (Wildman–Crippen LogP) is -0.488. The van der Waals surface area contributed by atoms with Crippen LogP contribution in [-0.4, -0.2) is 52.9 Å². The molecule has 1 saturated heterocycles. The first-order chi connectivity index (χ1) is 13.7. The molecule has 0 unspecified atom stereocenters. The average molecular weight is 384 g/mol. The first-order valence-electron chi connectivity index (χ1n) is 9.57. The second-order valence-corrected chi connectivity index (χ2v) is 7.16. The third-order valence-electron chi connectivity index (χ3n) is 5.35. The first kappa shape index (κ1) is 18.5. The Balaban J connectivity index is 1.64. The molecule has 8 heteroatoms. The highest BCUT2D eigenvalue weighted by Gasteiger charge is 2.35. The fourth-order valence-corrected chi connectivity index (χ4v) is 3.93. The molecule has 7 nitrogen and oxygen atoms in total. The molecule has 0 saturated carbocycles. The van der Waals surface area contributed by atoms with Crippen molar-refractivity contribution in [2.24, 2.45) is 0 Å². The molecule has 2 aromatic heterocycles. The van der Waals surface area contributed by atoms with Crippen molar-refractivity contribution in [3.63, 3.8) is 0 Å². The van der Waals surface area contributed by atoms with Gasteiger partial charge < -0.3 is 14.2 Å². The number of hydrogen-bond acceptors (Lipinski definition) is 4. The van der Waals surface area contributed by atoms with Crippen molar-refractivity contribution >= 4 is 0 Å². The largest absolute Gasteiger partial charge is 0.467 e. The van der Waals surface area contributed by atoms with Crippen LogP contribution in [-0.2, 0) is 6.54 Å². The maximum absolute atomic E-state index is 13.5. The molecule has 0 spiro atoms. The summed E-state index contributed by atoms with van der Waals surface area (Å²) in [5.74, 6) is 1.32. The van der Waals surface area contributed by atoms with Gasteiger partial charge in [-0.05, 0) is 52.9 Å². The second-order valence-electron chi connectivity index (χ2n) is 7.16. The molecule has 0 bridgehead atoms. The number of nitrogens with zero attached hydrogens (tertiary/aromatic N) is 4. The number of furan rings is 1. The number of tetrazole rings is 1. The average Bonchev–Trinajstić information content (AvgIpc) is 3.38. The van der Waals surface area contributed by atoms with Crippen LogP contribution in [0.2, 0.25) is 0 Å². The van der Waals surface area contributed by atoms with E-state index in [1.165, 1.54) is 21.9 Å². The number of nitrogens with one attached hydrogen (secondary N) is 2. The van der Waals surface area contributed by atoms with Gasteiger partial charge in [0.15, 0.2) is 6.04 Å². The van der Waals surface area contributed by atoms with Crippen molar-refractivity contribution < 1.29 is 18.6 Å². The van der Waals surface area contributed by atoms with E-state index in [-0.39, 0.29) is 11.9 Å². The molecular weight excluding hydrogens is 359 g/mol. The van der Waals surface area contributed by atoms with Crippen LogP contribution in [0.15, 0.2) is 59.7 Å². The normalized spacial score (nSPS) is 20.8. The minimum atomic E-state index is -0.243. The Morgan fingerprint density at radius 3 is 2.64 bits per heavy atom. The van der Waals surface area contributed by atoms with Gasteiger partial charge in [-0.3, -0.25) is 0 Å². The Labute approximate surface area is 163 Å². The topological polar surface area (TPSA) is 65.6 Å². The summed E-state index contributed by atoms with van der Waals surface area (Å²) in [5, 5.41) is 12.5. The fraction of sp³-hybridized carbons (Fsp3) is 0.350. The molecule has 3 aromatic rings. The minimum absolute atomic E-state index is 0.0594. The monoisotopic (exact) mass is 384 g/mol. The molecule has 4 rings (SSSR count). The lowest BCUT2D eigenvalue weighted by Gasteiger charge is -2.33. The molecule has 1 aromatic carbocycles. The number of piperazine rings is 1. The van der Waals surface area contributed by atoms with Gasteiger partial charge in [-0.1, -0.05) is 6.58 Å². The highest BCUT2D eigenvalue weighted by Crippen LogP contribution is 2.18. The summed E-state index contributed by atoms with van der Waals surface area (Å²) in [7, 11) is 0. The lowest BCUT2D eigenvalue weighted by atomic mass is 10.0. The SMILES string of the molecule is C=CC[NH+]1CC[NH+]([C@@H](c2ccc(F)cc2)c2nnnn2Cc2ccco2)CC1. The van der Waals surface area contributed by atoms with E-state index >= 15 is 0 Å². The third-order valence-corrected chi connectivity index (χ3v) is 5.35. The number of aromatic nitrogens is 4. The molecule has 0 amide bonds. The smallest absolute Gasteiger partial charge is 0.214 e. The Kier molecular flexibility index (Phi) is 5.59. The Bertz CT molecular complexity index is 884. The minimum Gasteiger partial charge on any atom is -0.467 e. The summed E-state index contributed by atoms with van der Waals surface area (Å²) in [6.07, 6.45) is 3.62. The van der Waals surface area contributed by atoms with Crippen molar-refractivity contribution in [1.82, 2.24) is 20.2 Å². The van der Waals surface area contributed by atoms with Crippen LogP contribution in [0.4, 0.5) is 4.39 Å². The van der Waals surface area contributed by atoms with E-state index in [0.29, 0.717) is 6.54 Å². The number of halogens is 1. The van der Waals surface area contributed by atoms with E-state index in [9.17, 15) is 4.39 Å². The summed E-state index contributed by atoms with van der Waals surface area (Å²) in [5.41, 5.74) is 1.01. The van der Waals surface area contributed by atoms with E-state index in [0.717, 1.165) is 49.9 Å². The Hall–Kier alpha value is -2.84. The van der Waals surface area contributed by atoms with Crippen LogP contribution in [0.25, 0.3) is 0 Å². The predicted molar refractivity (Wildman–Crippen MR) is 100 cm³/mol. The second kappa shape index (κ2) is 8.45. The number of benzene rings is 1. The van der Waals surface area contributed by atoms with Crippen LogP contribution < -0.4 is 9.80 Å². The highest BCUT2D eigenvalue weighted by molar-refractivity contribution is 5.23. The Morgan fingerprint density at radius 2 is 1.96 bits per heavy atom. The summed E-state index contributed by atoms with van der Waals surface area (Å²) in [6, 6.07) is 10.4. The fourth-order valence-electron chi connectivity index (χ4n) is 3.93. The van der Waals surface area contributed by atoms with Crippen LogP contribution in [0, 0.1) is 5.82 Å². The number of hydrogen-bond donors (Lipinski definition) is 2. The molecule has 1 aliphatic rings. The molecule has 1 aliphatic heterocycles. The van der Waals surface area contributed by atoms with Crippen molar-refractivity contribution in [1.29, 1.82) is 0 Å². The van der Waals surface area contributed by atoms with Crippen LogP contribution in [0.3, 0.4) is 0 Å². The summed E-state index contributed by atoms with van der Waals surface area (Å²) >= 11 is 0. The van der Waals surface area contributed by atoms with Gasteiger partial charge in [0.25, 0.3) is 0 Å². The van der Waals surface area contributed by atoms with Crippen LogP contribution in [0.1, 0.15) is 23.2 Å². The molecule has 0 radical (unpaired) electrons. The lowest BCUT2D eigenvalue weighted by Crippen LogP contribution is -3.28. The summed E-state index contributed by atoms with van der Waals surface area (Å²) in [6.45, 7) is 9.37. The van der Waals surface area contributed by atoms with Crippen molar-refractivity contribution in [3.05, 3.63) is 78.3 Å². The first-order valence-corrected chi connectivity index (χ1v) is 9.57. The molecule has 2 N–H and O–H groups in total. The van der Waals surface area contributed by atoms with Gasteiger partial charge in [-0.15, -0.1) is 5.10 Å². The van der Waals surface area contributed by atoms with Gasteiger partial charge in [0.2, 0.25) is 5.82 Å². The van der Waals surface area contributed by atoms with Gasteiger partial charge in [0.1, 0.15) is 44.3 Å². The van der Waals surface area contributed by atoms with Gasteiger partial charge in [-0.2, -0.15) is 0 Å². The molecule has 1 fully saturated rings. The van der Waals surface area contributed by atoms with Crippen LogP contribution >= 0.6 is 0 Å². The molecule has 0 aliphatic carbocycles. The lowest BCUT2D eigenvalue weighted by molar-refractivity contribution is -1.02. The van der Waals surface area contributed by atoms with E-state index in [2.05, 4.69) is 22.1 Å². The van der Waals surface area contributed by atoms with E-state index in [1.54, 1.807) is 10.9 Å². The standard InChI is InChI=1S/C20H23FN6O/c1-2-9-25-10-12-26(13-11-25)19(16-5-7-17(21)8-6-16)20-22-23-24-27(20)15-18-4-3-14-28-18/h2-8,14,19H,1,9-13,15H2/p+2/t19-/m0/s1. The van der Waals surface area contributed by atoms with Crippen molar-refractivity contribution in [2.45, 2.75) is 12.6 Å². The number of rotatable bonds is 7. The van der Waals surface area contributed by atoms with Crippen molar-refractivity contribution in [3.8, 4) is 0 Å². The quantitative estimate of drug-likeness (QED) is 0.540. The molecular formula is C20H25FN6O+2. The van der Waals surface area contributed by atoms with Gasteiger partial charge in [0, 0.05) is 5.56 Å². The Morgan fingerprint density at radius 1 is 1.18 bits per heavy atom. The van der Waals surface area contributed by atoms with E-state index in [1.807, 2.05) is 30.3 Å². The van der Waals surface area contributed by atoms with Gasteiger partial charge in [-0.25, -0.2) is 9.07 Å². The molecule has 1 atom stereocenters. The molecule has 3 heterocycles. The zero-order valence-corrected chi connectivity index (χ0v) is 15.7. The zero-order chi connectivity index (χ0) is 19.3. The van der Waals surface area contributed by atoms with Gasteiger partial charge in [0.05, 0.1) is 12.8 Å². The maximum atomic E-state index is 13.5. The van der Waals surface area contributed by atoms with Crippen molar-refractivity contribution in [2.75, 3.05) is 32.7 Å². The van der Waals surface area contributed by atoms with Gasteiger partial charge >= 0.3 is 0 Å².